The Hall–Kier alpha value is -4.41. The smallest absolute Gasteiger partial charge is 0.268 e. The maximum Gasteiger partial charge on any atom is 0.268 e. The lowest BCUT2D eigenvalue weighted by Gasteiger charge is -2.26. The van der Waals surface area contributed by atoms with Crippen molar-refractivity contribution in [3.63, 3.8) is 0 Å². The molecule has 2 amide bonds. The zero-order chi connectivity index (χ0) is 28.4. The fourth-order valence-electron chi connectivity index (χ4n) is 4.84. The van der Waals surface area contributed by atoms with E-state index >= 15 is 0 Å². The van der Waals surface area contributed by atoms with Crippen molar-refractivity contribution in [1.82, 2.24) is 25.4 Å². The van der Waals surface area contributed by atoms with Gasteiger partial charge in [0.1, 0.15) is 23.0 Å². The summed E-state index contributed by atoms with van der Waals surface area (Å²) < 4.78 is 1.90. The molecule has 2 aliphatic rings. The number of imidazole rings is 1. The molecule has 0 saturated carbocycles. The van der Waals surface area contributed by atoms with Gasteiger partial charge in [0.25, 0.3) is 11.8 Å². The van der Waals surface area contributed by atoms with Crippen molar-refractivity contribution >= 4 is 51.5 Å². The highest BCUT2D eigenvalue weighted by Gasteiger charge is 2.32. The van der Waals surface area contributed by atoms with Crippen LogP contribution in [0.3, 0.4) is 0 Å². The summed E-state index contributed by atoms with van der Waals surface area (Å²) in [5, 5.41) is 28.5. The van der Waals surface area contributed by atoms with E-state index in [-0.39, 0.29) is 35.5 Å². The Morgan fingerprint density at radius 3 is 2.83 bits per heavy atom. The first-order valence-electron chi connectivity index (χ1n) is 13.0. The summed E-state index contributed by atoms with van der Waals surface area (Å²) in [6.07, 6.45) is 4.79. The molecule has 1 saturated heterocycles. The van der Waals surface area contributed by atoms with E-state index in [0.29, 0.717) is 35.0 Å². The number of carbonyl (C=O) groups is 2. The minimum atomic E-state index is -0.325. The summed E-state index contributed by atoms with van der Waals surface area (Å²) in [4.78, 5) is 33.6. The van der Waals surface area contributed by atoms with Crippen LogP contribution in [0, 0.1) is 16.7 Å². The monoisotopic (exact) mass is 561 g/mol. The molecule has 1 aromatic carbocycles. The summed E-state index contributed by atoms with van der Waals surface area (Å²) in [7, 11) is 0. The number of hydrazine groups is 2. The molecule has 0 spiro atoms. The molecule has 3 aromatic rings. The summed E-state index contributed by atoms with van der Waals surface area (Å²) in [5.41, 5.74) is 7.60. The number of nitrogens with one attached hydrogen (secondary N) is 3. The predicted molar refractivity (Wildman–Crippen MR) is 153 cm³/mol. The second-order valence-corrected chi connectivity index (χ2v) is 11.8. The minimum absolute atomic E-state index is 0.132. The first-order chi connectivity index (χ1) is 19.2. The fraction of sp³-hybridized carbons (Fsp3) is 0.370. The number of hydrazone groups is 1. The van der Waals surface area contributed by atoms with E-state index in [1.807, 2.05) is 37.5 Å². The molecule has 208 valence electrons. The summed E-state index contributed by atoms with van der Waals surface area (Å²) in [6, 6.07) is 10.9. The van der Waals surface area contributed by atoms with Crippen LogP contribution in [-0.2, 0) is 17.9 Å². The molecule has 0 radical (unpaired) electrons. The number of amides is 2. The zero-order valence-electron chi connectivity index (χ0n) is 22.5. The molecule has 1 atom stereocenters. The van der Waals surface area contributed by atoms with Crippen LogP contribution >= 0.6 is 11.3 Å². The number of rotatable bonds is 7. The highest BCUT2D eigenvalue weighted by Crippen LogP contribution is 2.29. The standard InChI is InChI=1S/C27H31N9O3S/c1-27(2,3)12-18(13-28)25(39)34-10-4-5-19(34)14-35-21-7-6-17(15-37)11-20(21)31-26(35)32-24(38)22-8-9-23(40-22)36-30-16-29-33-36/h6-9,11-12,16,19,33,37H,4-5,10,14-15H2,1-3H3,(H,29,30)(H,31,32,38)/b18-12+/t19-/m1/s1. The van der Waals surface area contributed by atoms with Crippen LogP contribution in [0.15, 0.2) is 47.1 Å². The number of benzene rings is 1. The number of aromatic nitrogens is 2. The number of aliphatic hydroxyl groups excluding tert-OH is 1. The van der Waals surface area contributed by atoms with E-state index in [0.717, 1.165) is 23.4 Å². The van der Waals surface area contributed by atoms with Gasteiger partial charge in [0.15, 0.2) is 0 Å². The number of likely N-dealkylation sites (tertiary alicyclic amines) is 1. The largest absolute Gasteiger partial charge is 0.392 e. The Labute approximate surface area is 235 Å². The van der Waals surface area contributed by atoms with Crippen molar-refractivity contribution in [1.29, 1.82) is 5.26 Å². The Morgan fingerprint density at radius 1 is 1.30 bits per heavy atom. The second-order valence-electron chi connectivity index (χ2n) is 10.8. The number of hydrogen-bond acceptors (Lipinski definition) is 10. The van der Waals surface area contributed by atoms with Gasteiger partial charge >= 0.3 is 0 Å². The number of allylic oxidation sites excluding steroid dienone is 1. The quantitative estimate of drug-likeness (QED) is 0.254. The Kier molecular flexibility index (Phi) is 7.46. The van der Waals surface area contributed by atoms with Crippen LogP contribution in [0.25, 0.3) is 11.0 Å². The maximum absolute atomic E-state index is 13.4. The maximum atomic E-state index is 13.4. The Balaban J connectivity index is 1.43. The van der Waals surface area contributed by atoms with Crippen molar-refractivity contribution in [2.24, 2.45) is 10.5 Å². The molecule has 40 heavy (non-hydrogen) atoms. The van der Waals surface area contributed by atoms with Crippen LogP contribution < -0.4 is 21.4 Å². The number of nitriles is 1. The normalized spacial score (nSPS) is 17.2. The molecule has 13 heteroatoms. The molecule has 12 nitrogen and oxygen atoms in total. The molecule has 4 heterocycles. The number of aliphatic hydroxyl groups is 1. The van der Waals surface area contributed by atoms with Gasteiger partial charge in [-0.3, -0.25) is 20.3 Å². The highest BCUT2D eigenvalue weighted by molar-refractivity contribution is 7.18. The molecule has 2 aromatic heterocycles. The van der Waals surface area contributed by atoms with E-state index in [9.17, 15) is 20.0 Å². The lowest BCUT2D eigenvalue weighted by molar-refractivity contribution is -0.127. The van der Waals surface area contributed by atoms with Crippen molar-refractivity contribution in [3.05, 3.63) is 52.4 Å². The second kappa shape index (κ2) is 11.0. The molecule has 0 bridgehead atoms. The third-order valence-electron chi connectivity index (χ3n) is 6.63. The molecule has 4 N–H and O–H groups in total. The van der Waals surface area contributed by atoms with Gasteiger partial charge in [0.05, 0.1) is 28.6 Å². The Bertz CT molecular complexity index is 1530. The molecular formula is C27H31N9O3S. The van der Waals surface area contributed by atoms with Gasteiger partial charge in [-0.15, -0.1) is 16.4 Å². The van der Waals surface area contributed by atoms with E-state index < -0.39 is 0 Å². The number of thiophene rings is 1. The van der Waals surface area contributed by atoms with Gasteiger partial charge < -0.3 is 14.6 Å². The van der Waals surface area contributed by atoms with Crippen molar-refractivity contribution < 1.29 is 14.7 Å². The molecule has 0 unspecified atom stereocenters. The number of anilines is 2. The zero-order valence-corrected chi connectivity index (χ0v) is 23.3. The lowest BCUT2D eigenvalue weighted by atomic mass is 9.93. The molecule has 5 rings (SSSR count). The topological polar surface area (TPSA) is 151 Å². The average molecular weight is 562 g/mol. The SMILES string of the molecule is CC(C)(C)/C=C(\C#N)C(=O)N1CCC[C@@H]1Cn1c(NC(=O)c2ccc(N3NC=NN3)s2)nc2cc(CO)ccc21. The van der Waals surface area contributed by atoms with Crippen LogP contribution in [-0.4, -0.2) is 50.3 Å². The fourth-order valence-corrected chi connectivity index (χ4v) is 5.66. The van der Waals surface area contributed by atoms with E-state index in [1.165, 1.54) is 17.7 Å². The molecule has 1 fully saturated rings. The van der Waals surface area contributed by atoms with E-state index in [1.54, 1.807) is 34.3 Å². The third kappa shape index (κ3) is 5.63. The van der Waals surface area contributed by atoms with E-state index in [2.05, 4.69) is 32.4 Å². The number of nitrogens with zero attached hydrogens (tertiary/aromatic N) is 6. The number of hydrogen-bond donors (Lipinski definition) is 4. The molecule has 2 aliphatic heterocycles. The first-order valence-corrected chi connectivity index (χ1v) is 13.8. The lowest BCUT2D eigenvalue weighted by Crippen LogP contribution is -2.39. The van der Waals surface area contributed by atoms with Crippen molar-refractivity contribution in [2.45, 2.75) is 52.8 Å². The van der Waals surface area contributed by atoms with Gasteiger partial charge in [0.2, 0.25) is 5.95 Å². The van der Waals surface area contributed by atoms with Gasteiger partial charge in [0, 0.05) is 13.1 Å². The minimum Gasteiger partial charge on any atom is -0.392 e. The van der Waals surface area contributed by atoms with Crippen LogP contribution in [0.5, 0.6) is 0 Å². The highest BCUT2D eigenvalue weighted by atomic mass is 32.1. The van der Waals surface area contributed by atoms with E-state index in [4.69, 9.17) is 0 Å². The van der Waals surface area contributed by atoms with Crippen molar-refractivity contribution in [3.8, 4) is 6.07 Å². The Morgan fingerprint density at radius 2 is 2.12 bits per heavy atom. The van der Waals surface area contributed by atoms with Crippen LogP contribution in [0.1, 0.15) is 48.8 Å². The summed E-state index contributed by atoms with van der Waals surface area (Å²) in [6.45, 7) is 6.67. The average Bonchev–Trinajstić information content (AvgIpc) is 3.73. The van der Waals surface area contributed by atoms with Crippen LogP contribution in [0.4, 0.5) is 10.9 Å². The summed E-state index contributed by atoms with van der Waals surface area (Å²) >= 11 is 1.27. The van der Waals surface area contributed by atoms with Gasteiger partial charge in [-0.25, -0.2) is 4.98 Å². The third-order valence-corrected chi connectivity index (χ3v) is 7.69. The summed E-state index contributed by atoms with van der Waals surface area (Å²) in [5.74, 6) is -0.262. The molecular weight excluding hydrogens is 530 g/mol. The predicted octanol–water partition coefficient (Wildman–Crippen LogP) is 3.10. The van der Waals surface area contributed by atoms with Gasteiger partial charge in [-0.05, 0) is 48.1 Å². The molecule has 0 aliphatic carbocycles. The van der Waals surface area contributed by atoms with Crippen molar-refractivity contribution in [2.75, 3.05) is 17.0 Å². The van der Waals surface area contributed by atoms with Crippen LogP contribution in [0.2, 0.25) is 0 Å². The van der Waals surface area contributed by atoms with Gasteiger partial charge in [-0.1, -0.05) is 32.9 Å². The first kappa shape index (κ1) is 27.2. The number of fused-ring (bicyclic) bond motifs is 1. The number of carbonyl (C=O) groups excluding carboxylic acids is 2. The van der Waals surface area contributed by atoms with Gasteiger partial charge in [-0.2, -0.15) is 15.9 Å².